The molecule has 0 unspecified atom stereocenters. The van der Waals surface area contributed by atoms with Crippen LogP contribution < -0.4 is 15.4 Å². The van der Waals surface area contributed by atoms with Crippen LogP contribution in [0, 0.1) is 0 Å². The Morgan fingerprint density at radius 1 is 1.07 bits per heavy atom. The van der Waals surface area contributed by atoms with Crippen molar-refractivity contribution < 1.29 is 19.1 Å². The maximum Gasteiger partial charge on any atom is 0.338 e. The number of nitrogens with one attached hydrogen (secondary N) is 2. The first kappa shape index (κ1) is 19.5. The molecule has 2 N–H and O–H groups in total. The molecule has 0 aromatic heterocycles. The van der Waals surface area contributed by atoms with Crippen molar-refractivity contribution >= 4 is 12.0 Å². The summed E-state index contributed by atoms with van der Waals surface area (Å²) in [6.45, 7) is 4.33. The molecule has 0 fully saturated rings. The van der Waals surface area contributed by atoms with Crippen molar-refractivity contribution in [2.75, 3.05) is 6.61 Å². The van der Waals surface area contributed by atoms with Gasteiger partial charge in [-0.15, -0.1) is 0 Å². The van der Waals surface area contributed by atoms with Crippen LogP contribution in [0.3, 0.4) is 0 Å². The topological polar surface area (TPSA) is 76.7 Å². The van der Waals surface area contributed by atoms with Gasteiger partial charge in [-0.3, -0.25) is 0 Å². The number of hydrogen-bond donors (Lipinski definition) is 2. The van der Waals surface area contributed by atoms with E-state index in [-0.39, 0.29) is 6.03 Å². The Morgan fingerprint density at radius 3 is 2.54 bits per heavy atom. The minimum atomic E-state index is -0.648. The molecule has 0 bridgehead atoms. The fourth-order valence-corrected chi connectivity index (χ4v) is 3.06. The first-order chi connectivity index (χ1) is 13.6. The molecule has 0 aliphatic carbocycles. The zero-order chi connectivity index (χ0) is 19.9. The van der Waals surface area contributed by atoms with Crippen molar-refractivity contribution in [1.82, 2.24) is 10.6 Å². The number of urea groups is 1. The molecule has 2 amide bonds. The van der Waals surface area contributed by atoms with Gasteiger partial charge in [-0.2, -0.15) is 0 Å². The average Bonchev–Trinajstić information content (AvgIpc) is 2.71. The second kappa shape index (κ2) is 9.08. The summed E-state index contributed by atoms with van der Waals surface area (Å²) in [6.07, 6.45) is 0.722. The number of esters is 1. The number of carbonyl (C=O) groups is 2. The van der Waals surface area contributed by atoms with Crippen molar-refractivity contribution in [2.45, 2.75) is 32.9 Å². The van der Waals surface area contributed by atoms with E-state index >= 15 is 0 Å². The number of benzene rings is 2. The highest BCUT2D eigenvalue weighted by Gasteiger charge is 2.33. The molecule has 0 spiro atoms. The Labute approximate surface area is 164 Å². The van der Waals surface area contributed by atoms with E-state index in [1.807, 2.05) is 61.5 Å². The molecule has 1 atom stereocenters. The van der Waals surface area contributed by atoms with Crippen LogP contribution in [0.25, 0.3) is 0 Å². The molecule has 28 heavy (non-hydrogen) atoms. The first-order valence-electron chi connectivity index (χ1n) is 9.31. The molecule has 2 aromatic rings. The zero-order valence-corrected chi connectivity index (χ0v) is 16.0. The van der Waals surface area contributed by atoms with E-state index in [4.69, 9.17) is 9.47 Å². The lowest BCUT2D eigenvalue weighted by atomic mass is 9.95. The maximum atomic E-state index is 12.6. The lowest BCUT2D eigenvalue weighted by Crippen LogP contribution is -2.45. The fourth-order valence-electron chi connectivity index (χ4n) is 3.06. The highest BCUT2D eigenvalue weighted by atomic mass is 16.5. The number of rotatable bonds is 7. The summed E-state index contributed by atoms with van der Waals surface area (Å²) >= 11 is 0. The molecule has 1 heterocycles. The predicted molar refractivity (Wildman–Crippen MR) is 106 cm³/mol. The summed E-state index contributed by atoms with van der Waals surface area (Å²) in [5.41, 5.74) is 2.59. The van der Waals surface area contributed by atoms with Crippen LogP contribution in [-0.4, -0.2) is 18.6 Å². The first-order valence-corrected chi connectivity index (χ1v) is 9.31. The largest absolute Gasteiger partial charge is 0.489 e. The van der Waals surface area contributed by atoms with Crippen molar-refractivity contribution in [3.8, 4) is 5.75 Å². The lowest BCUT2D eigenvalue weighted by molar-refractivity contribution is -0.139. The molecule has 1 aliphatic heterocycles. The molecular weight excluding hydrogens is 356 g/mol. The van der Waals surface area contributed by atoms with Gasteiger partial charge >= 0.3 is 12.0 Å². The molecular formula is C22H24N2O4. The van der Waals surface area contributed by atoms with E-state index < -0.39 is 12.0 Å². The molecule has 6 nitrogen and oxygen atoms in total. The van der Waals surface area contributed by atoms with Gasteiger partial charge in [0, 0.05) is 11.3 Å². The van der Waals surface area contributed by atoms with E-state index in [0.29, 0.717) is 35.8 Å². The van der Waals surface area contributed by atoms with Crippen LogP contribution in [0.15, 0.2) is 65.9 Å². The Kier molecular flexibility index (Phi) is 6.32. The van der Waals surface area contributed by atoms with Gasteiger partial charge in [-0.05, 0) is 25.0 Å². The summed E-state index contributed by atoms with van der Waals surface area (Å²) in [6, 6.07) is 16.2. The number of para-hydroxylation sites is 1. The van der Waals surface area contributed by atoms with Gasteiger partial charge < -0.3 is 20.1 Å². The minimum Gasteiger partial charge on any atom is -0.489 e. The third kappa shape index (κ3) is 4.52. The molecule has 2 aromatic carbocycles. The van der Waals surface area contributed by atoms with Crippen LogP contribution in [0.5, 0.6) is 5.75 Å². The third-order valence-corrected chi connectivity index (χ3v) is 4.39. The van der Waals surface area contributed by atoms with E-state index in [1.165, 1.54) is 0 Å². The van der Waals surface area contributed by atoms with Crippen molar-refractivity contribution in [1.29, 1.82) is 0 Å². The van der Waals surface area contributed by atoms with Gasteiger partial charge in [-0.1, -0.05) is 55.5 Å². The Morgan fingerprint density at radius 2 is 1.79 bits per heavy atom. The molecule has 1 aliphatic rings. The number of ether oxygens (including phenoxy) is 2. The normalized spacial score (nSPS) is 16.2. The Hall–Kier alpha value is -3.28. The number of allylic oxidation sites excluding steroid dienone is 1. The van der Waals surface area contributed by atoms with E-state index in [9.17, 15) is 9.59 Å². The van der Waals surface area contributed by atoms with Crippen LogP contribution in [0.4, 0.5) is 4.79 Å². The molecule has 3 rings (SSSR count). The van der Waals surface area contributed by atoms with Crippen molar-refractivity contribution in [3.63, 3.8) is 0 Å². The summed E-state index contributed by atoms with van der Waals surface area (Å²) in [5.74, 6) is 0.154. The maximum absolute atomic E-state index is 12.6. The lowest BCUT2D eigenvalue weighted by Gasteiger charge is -2.29. The van der Waals surface area contributed by atoms with Crippen LogP contribution in [0.1, 0.15) is 37.4 Å². The predicted octanol–water partition coefficient (Wildman–Crippen LogP) is 3.85. The van der Waals surface area contributed by atoms with Crippen LogP contribution in [0.2, 0.25) is 0 Å². The van der Waals surface area contributed by atoms with Crippen LogP contribution >= 0.6 is 0 Å². The molecule has 6 heteroatoms. The second-order valence-corrected chi connectivity index (χ2v) is 6.52. The number of hydrogen-bond acceptors (Lipinski definition) is 4. The quantitative estimate of drug-likeness (QED) is 0.716. The second-order valence-electron chi connectivity index (χ2n) is 6.52. The SMILES string of the molecule is CCCOC(=O)C1=C(C)NC(=O)N[C@H]1c1ccccc1OCc1ccccc1. The number of amides is 2. The summed E-state index contributed by atoms with van der Waals surface area (Å²) < 4.78 is 11.3. The third-order valence-electron chi connectivity index (χ3n) is 4.39. The molecule has 0 radical (unpaired) electrons. The molecule has 0 saturated carbocycles. The standard InChI is InChI=1S/C22H24N2O4/c1-3-13-27-21(25)19-15(2)23-22(26)24-20(19)17-11-7-8-12-18(17)28-14-16-9-5-4-6-10-16/h4-12,20H,3,13-14H2,1-2H3,(H2,23,24,26)/t20-/m0/s1. The van der Waals surface area contributed by atoms with Gasteiger partial charge in [-0.25, -0.2) is 9.59 Å². The molecule has 0 saturated heterocycles. The monoisotopic (exact) mass is 380 g/mol. The van der Waals surface area contributed by atoms with E-state index in [0.717, 1.165) is 12.0 Å². The van der Waals surface area contributed by atoms with E-state index in [1.54, 1.807) is 6.92 Å². The number of carbonyl (C=O) groups excluding carboxylic acids is 2. The smallest absolute Gasteiger partial charge is 0.338 e. The van der Waals surface area contributed by atoms with Crippen LogP contribution in [-0.2, 0) is 16.1 Å². The Balaban J connectivity index is 1.90. The van der Waals surface area contributed by atoms with E-state index in [2.05, 4.69) is 10.6 Å². The highest BCUT2D eigenvalue weighted by molar-refractivity contribution is 5.95. The average molecular weight is 380 g/mol. The zero-order valence-electron chi connectivity index (χ0n) is 16.0. The highest BCUT2D eigenvalue weighted by Crippen LogP contribution is 2.33. The summed E-state index contributed by atoms with van der Waals surface area (Å²) in [5, 5.41) is 5.47. The van der Waals surface area contributed by atoms with Gasteiger partial charge in [0.25, 0.3) is 0 Å². The van der Waals surface area contributed by atoms with Crippen molar-refractivity contribution in [2.24, 2.45) is 0 Å². The summed E-state index contributed by atoms with van der Waals surface area (Å²) in [4.78, 5) is 24.7. The van der Waals surface area contributed by atoms with Gasteiger partial charge in [0.2, 0.25) is 0 Å². The molecule has 146 valence electrons. The van der Waals surface area contributed by atoms with Crippen molar-refractivity contribution in [3.05, 3.63) is 77.0 Å². The van der Waals surface area contributed by atoms with Gasteiger partial charge in [0.1, 0.15) is 12.4 Å². The minimum absolute atomic E-state index is 0.322. The Bertz CT molecular complexity index is 877. The summed E-state index contributed by atoms with van der Waals surface area (Å²) in [7, 11) is 0. The van der Waals surface area contributed by atoms with Gasteiger partial charge in [0.05, 0.1) is 18.2 Å². The van der Waals surface area contributed by atoms with Gasteiger partial charge in [0.15, 0.2) is 0 Å². The fraction of sp³-hybridized carbons (Fsp3) is 0.273.